The molecule has 112 valence electrons. The summed E-state index contributed by atoms with van der Waals surface area (Å²) in [5, 5.41) is 11.3. The first-order chi connectivity index (χ1) is 9.99. The molecule has 0 amide bonds. The fourth-order valence-electron chi connectivity index (χ4n) is 2.03. The highest BCUT2D eigenvalue weighted by Gasteiger charge is 2.12. The summed E-state index contributed by atoms with van der Waals surface area (Å²) in [7, 11) is 1.93. The summed E-state index contributed by atoms with van der Waals surface area (Å²) < 4.78 is 1.06. The molecule has 2 rings (SSSR count). The topological polar surface area (TPSA) is 53.4 Å². The fourth-order valence-corrected chi connectivity index (χ4v) is 3.53. The number of pyridine rings is 1. The van der Waals surface area contributed by atoms with E-state index in [0.29, 0.717) is 17.9 Å². The van der Waals surface area contributed by atoms with Gasteiger partial charge in [0, 0.05) is 27.5 Å². The zero-order valence-electron chi connectivity index (χ0n) is 12.0. The second kappa shape index (κ2) is 7.04. The molecule has 6 heteroatoms. The van der Waals surface area contributed by atoms with E-state index in [0.717, 1.165) is 23.0 Å². The Labute approximate surface area is 136 Å². The van der Waals surface area contributed by atoms with Crippen LogP contribution in [0.3, 0.4) is 0 Å². The molecule has 4 nitrogen and oxygen atoms in total. The normalized spacial score (nSPS) is 10.6. The smallest absolute Gasteiger partial charge is 0.335 e. The molecule has 0 saturated carbocycles. The third kappa shape index (κ3) is 4.28. The maximum absolute atomic E-state index is 11.2. The maximum Gasteiger partial charge on any atom is 0.335 e. The van der Waals surface area contributed by atoms with Gasteiger partial charge in [-0.25, -0.2) is 9.78 Å². The summed E-state index contributed by atoms with van der Waals surface area (Å²) >= 11 is 5.10. The molecule has 0 atom stereocenters. The Bertz CT molecular complexity index is 642. The predicted octanol–water partition coefficient (Wildman–Crippen LogP) is 4.19. The first-order valence-electron chi connectivity index (χ1n) is 6.68. The summed E-state index contributed by atoms with van der Waals surface area (Å²) in [6, 6.07) is 5.35. The number of thiophene rings is 1. The highest BCUT2D eigenvalue weighted by molar-refractivity contribution is 9.10. The number of rotatable bonds is 6. The molecule has 0 unspecified atom stereocenters. The van der Waals surface area contributed by atoms with Gasteiger partial charge >= 0.3 is 5.97 Å². The molecule has 2 aromatic heterocycles. The van der Waals surface area contributed by atoms with Crippen LogP contribution in [0.25, 0.3) is 0 Å². The summed E-state index contributed by atoms with van der Waals surface area (Å²) in [6.07, 6.45) is 1.73. The molecule has 0 radical (unpaired) electrons. The molecule has 0 spiro atoms. The number of nitrogens with zero attached hydrogens (tertiary/aromatic N) is 2. The van der Waals surface area contributed by atoms with Crippen molar-refractivity contribution in [1.82, 2.24) is 4.98 Å². The zero-order valence-corrected chi connectivity index (χ0v) is 14.4. The lowest BCUT2D eigenvalue weighted by Gasteiger charge is -2.18. The standard InChI is InChI=1S/C15H17BrN2O2S/c1-3-4-12-5-10(15(19)20)6-14(17-12)18(2)8-13-7-11(16)9-21-13/h5-7,9H,3-4,8H2,1-2H3,(H,19,20). The third-order valence-electron chi connectivity index (χ3n) is 3.02. The minimum atomic E-state index is -0.914. The molecule has 0 aliphatic heterocycles. The summed E-state index contributed by atoms with van der Waals surface area (Å²) in [5.74, 6) is -0.217. The van der Waals surface area contributed by atoms with Crippen LogP contribution in [0.5, 0.6) is 0 Å². The van der Waals surface area contributed by atoms with E-state index in [1.807, 2.05) is 17.3 Å². The van der Waals surface area contributed by atoms with Crippen molar-refractivity contribution in [2.45, 2.75) is 26.3 Å². The fraction of sp³-hybridized carbons (Fsp3) is 0.333. The quantitative estimate of drug-likeness (QED) is 0.830. The van der Waals surface area contributed by atoms with Crippen LogP contribution in [0.15, 0.2) is 28.1 Å². The van der Waals surface area contributed by atoms with Gasteiger partial charge in [-0.1, -0.05) is 13.3 Å². The van der Waals surface area contributed by atoms with Crippen molar-refractivity contribution < 1.29 is 9.90 Å². The second-order valence-electron chi connectivity index (χ2n) is 4.85. The number of carboxylic acids is 1. The molecule has 0 saturated heterocycles. The average molecular weight is 369 g/mol. The van der Waals surface area contributed by atoms with Crippen molar-refractivity contribution in [1.29, 1.82) is 0 Å². The number of hydrogen-bond donors (Lipinski definition) is 1. The van der Waals surface area contributed by atoms with Gasteiger partial charge in [-0.2, -0.15) is 0 Å². The van der Waals surface area contributed by atoms with Crippen molar-refractivity contribution in [2.24, 2.45) is 0 Å². The van der Waals surface area contributed by atoms with E-state index in [9.17, 15) is 9.90 Å². The number of carbonyl (C=O) groups is 1. The number of aromatic carboxylic acids is 1. The van der Waals surface area contributed by atoms with Gasteiger partial charge in [0.15, 0.2) is 0 Å². The van der Waals surface area contributed by atoms with Gasteiger partial charge in [0.25, 0.3) is 0 Å². The first-order valence-corrected chi connectivity index (χ1v) is 8.35. The van der Waals surface area contributed by atoms with Gasteiger partial charge in [-0.05, 0) is 40.5 Å². The Balaban J connectivity index is 2.26. The van der Waals surface area contributed by atoms with Gasteiger partial charge in [0.05, 0.1) is 12.1 Å². The molecular formula is C15H17BrN2O2S. The van der Waals surface area contributed by atoms with E-state index in [1.165, 1.54) is 4.88 Å². The van der Waals surface area contributed by atoms with Crippen LogP contribution in [0.4, 0.5) is 5.82 Å². The highest BCUT2D eigenvalue weighted by Crippen LogP contribution is 2.23. The molecule has 0 aromatic carbocycles. The Morgan fingerprint density at radius 1 is 1.43 bits per heavy atom. The molecule has 21 heavy (non-hydrogen) atoms. The average Bonchev–Trinajstić information content (AvgIpc) is 2.84. The van der Waals surface area contributed by atoms with E-state index in [1.54, 1.807) is 23.5 Å². The second-order valence-corrected chi connectivity index (χ2v) is 6.76. The Morgan fingerprint density at radius 2 is 2.19 bits per heavy atom. The predicted molar refractivity (Wildman–Crippen MR) is 89.3 cm³/mol. The van der Waals surface area contributed by atoms with Crippen LogP contribution in [0, 0.1) is 0 Å². The van der Waals surface area contributed by atoms with Gasteiger partial charge in [-0.15, -0.1) is 11.3 Å². The molecule has 2 heterocycles. The largest absolute Gasteiger partial charge is 0.478 e. The maximum atomic E-state index is 11.2. The lowest BCUT2D eigenvalue weighted by Crippen LogP contribution is -2.18. The molecular weight excluding hydrogens is 352 g/mol. The van der Waals surface area contributed by atoms with Crippen LogP contribution in [-0.4, -0.2) is 23.1 Å². The number of hydrogen-bond acceptors (Lipinski definition) is 4. The van der Waals surface area contributed by atoms with E-state index in [-0.39, 0.29) is 0 Å². The Kier molecular flexibility index (Phi) is 5.36. The highest BCUT2D eigenvalue weighted by atomic mass is 79.9. The molecule has 2 aromatic rings. The van der Waals surface area contributed by atoms with Gasteiger partial charge < -0.3 is 10.0 Å². The van der Waals surface area contributed by atoms with Crippen LogP contribution >= 0.6 is 27.3 Å². The number of anilines is 1. The van der Waals surface area contributed by atoms with Crippen LogP contribution in [-0.2, 0) is 13.0 Å². The number of aromatic nitrogens is 1. The third-order valence-corrected chi connectivity index (χ3v) is 4.71. The molecule has 0 aliphatic rings. The summed E-state index contributed by atoms with van der Waals surface area (Å²) in [6.45, 7) is 2.76. The number of carboxylic acid groups (broad SMARTS) is 1. The molecule has 0 fully saturated rings. The van der Waals surface area contributed by atoms with Gasteiger partial charge in [-0.3, -0.25) is 0 Å². The number of halogens is 1. The Hall–Kier alpha value is -1.40. The van der Waals surface area contributed by atoms with E-state index in [2.05, 4.69) is 33.9 Å². The number of aryl methyl sites for hydroxylation is 1. The van der Waals surface area contributed by atoms with E-state index in [4.69, 9.17) is 0 Å². The molecule has 0 aliphatic carbocycles. The monoisotopic (exact) mass is 368 g/mol. The zero-order chi connectivity index (χ0) is 15.4. The molecule has 1 N–H and O–H groups in total. The SMILES string of the molecule is CCCc1cc(C(=O)O)cc(N(C)Cc2cc(Br)cs2)n1. The van der Waals surface area contributed by atoms with E-state index < -0.39 is 5.97 Å². The lowest BCUT2D eigenvalue weighted by atomic mass is 10.1. The lowest BCUT2D eigenvalue weighted by molar-refractivity contribution is 0.0696. The summed E-state index contributed by atoms with van der Waals surface area (Å²) in [5.41, 5.74) is 1.12. The van der Waals surface area contributed by atoms with Crippen LogP contribution in [0.2, 0.25) is 0 Å². The van der Waals surface area contributed by atoms with Crippen molar-refractivity contribution in [3.63, 3.8) is 0 Å². The van der Waals surface area contributed by atoms with Gasteiger partial charge in [0.1, 0.15) is 5.82 Å². The van der Waals surface area contributed by atoms with Crippen molar-refractivity contribution in [2.75, 3.05) is 11.9 Å². The van der Waals surface area contributed by atoms with Crippen molar-refractivity contribution in [3.8, 4) is 0 Å². The first kappa shape index (κ1) is 16.0. The van der Waals surface area contributed by atoms with Crippen LogP contribution in [0.1, 0.15) is 34.3 Å². The van der Waals surface area contributed by atoms with Gasteiger partial charge in [0.2, 0.25) is 0 Å². The van der Waals surface area contributed by atoms with Crippen molar-refractivity contribution in [3.05, 3.63) is 44.2 Å². The molecule has 0 bridgehead atoms. The minimum absolute atomic E-state index is 0.294. The van der Waals surface area contributed by atoms with E-state index >= 15 is 0 Å². The van der Waals surface area contributed by atoms with Crippen LogP contribution < -0.4 is 4.90 Å². The Morgan fingerprint density at radius 3 is 2.76 bits per heavy atom. The van der Waals surface area contributed by atoms with Crippen molar-refractivity contribution >= 4 is 39.1 Å². The minimum Gasteiger partial charge on any atom is -0.478 e. The summed E-state index contributed by atoms with van der Waals surface area (Å²) in [4.78, 5) is 19.0.